The molecule has 5 nitrogen and oxygen atoms in total. The van der Waals surface area contributed by atoms with E-state index < -0.39 is 0 Å². The number of rotatable bonds is 6. The van der Waals surface area contributed by atoms with Crippen LogP contribution in [-0.4, -0.2) is 33.7 Å². The van der Waals surface area contributed by atoms with Crippen LogP contribution in [0.1, 0.15) is 26.2 Å². The van der Waals surface area contributed by atoms with E-state index in [2.05, 4.69) is 12.0 Å². The molecule has 0 unspecified atom stereocenters. The standard InChI is InChI=1S/C12H20N4O/c1-2-6-15(8-10-3-4-10)12(17)9-16-7-5-11(13)14-16/h5,7,10H,2-4,6,8-9H2,1H3,(H2,13,14). The van der Waals surface area contributed by atoms with Gasteiger partial charge >= 0.3 is 0 Å². The number of nitrogens with two attached hydrogens (primary N) is 1. The van der Waals surface area contributed by atoms with Gasteiger partial charge in [0, 0.05) is 19.3 Å². The van der Waals surface area contributed by atoms with Gasteiger partial charge in [0.2, 0.25) is 5.91 Å². The summed E-state index contributed by atoms with van der Waals surface area (Å²) in [4.78, 5) is 14.1. The molecule has 0 bridgehead atoms. The summed E-state index contributed by atoms with van der Waals surface area (Å²) in [5.74, 6) is 1.33. The topological polar surface area (TPSA) is 64.2 Å². The van der Waals surface area contributed by atoms with Crippen LogP contribution < -0.4 is 5.73 Å². The van der Waals surface area contributed by atoms with E-state index >= 15 is 0 Å². The van der Waals surface area contributed by atoms with Crippen molar-refractivity contribution in [1.82, 2.24) is 14.7 Å². The lowest BCUT2D eigenvalue weighted by atomic mass is 10.3. The monoisotopic (exact) mass is 236 g/mol. The first-order valence-electron chi connectivity index (χ1n) is 6.25. The third-order valence-corrected chi connectivity index (χ3v) is 2.98. The Balaban J connectivity index is 1.90. The summed E-state index contributed by atoms with van der Waals surface area (Å²) >= 11 is 0. The molecule has 0 aromatic carbocycles. The van der Waals surface area contributed by atoms with Crippen molar-refractivity contribution in [2.75, 3.05) is 18.8 Å². The highest BCUT2D eigenvalue weighted by molar-refractivity contribution is 5.76. The average Bonchev–Trinajstić information content (AvgIpc) is 3.01. The predicted molar refractivity (Wildman–Crippen MR) is 66.2 cm³/mol. The van der Waals surface area contributed by atoms with Crippen LogP contribution in [-0.2, 0) is 11.3 Å². The molecule has 0 radical (unpaired) electrons. The molecule has 2 rings (SSSR count). The molecule has 17 heavy (non-hydrogen) atoms. The van der Waals surface area contributed by atoms with Crippen LogP contribution in [0.2, 0.25) is 0 Å². The highest BCUT2D eigenvalue weighted by Gasteiger charge is 2.26. The fourth-order valence-electron chi connectivity index (χ4n) is 1.90. The summed E-state index contributed by atoms with van der Waals surface area (Å²) in [5, 5.41) is 4.03. The summed E-state index contributed by atoms with van der Waals surface area (Å²) in [6.07, 6.45) is 5.28. The normalized spacial score (nSPS) is 14.9. The van der Waals surface area contributed by atoms with Gasteiger partial charge in [0.25, 0.3) is 0 Å². The van der Waals surface area contributed by atoms with Gasteiger partial charge in [-0.25, -0.2) is 0 Å². The molecule has 1 amide bonds. The Morgan fingerprint density at radius 2 is 2.41 bits per heavy atom. The van der Waals surface area contributed by atoms with Crippen molar-refractivity contribution in [2.45, 2.75) is 32.7 Å². The summed E-state index contributed by atoms with van der Waals surface area (Å²) in [5.41, 5.74) is 5.52. The van der Waals surface area contributed by atoms with Gasteiger partial charge in [0.15, 0.2) is 0 Å². The number of nitrogens with zero attached hydrogens (tertiary/aromatic N) is 3. The molecular weight excluding hydrogens is 216 g/mol. The highest BCUT2D eigenvalue weighted by Crippen LogP contribution is 2.29. The number of carbonyl (C=O) groups excluding carboxylic acids is 1. The molecule has 5 heteroatoms. The van der Waals surface area contributed by atoms with Crippen LogP contribution in [0.15, 0.2) is 12.3 Å². The summed E-state index contributed by atoms with van der Waals surface area (Å²) in [6, 6.07) is 1.71. The number of hydrogen-bond donors (Lipinski definition) is 1. The van der Waals surface area contributed by atoms with Crippen molar-refractivity contribution in [1.29, 1.82) is 0 Å². The third kappa shape index (κ3) is 3.47. The summed E-state index contributed by atoms with van der Waals surface area (Å²) in [6.45, 7) is 4.14. The Morgan fingerprint density at radius 1 is 1.65 bits per heavy atom. The van der Waals surface area contributed by atoms with Crippen molar-refractivity contribution in [3.05, 3.63) is 12.3 Å². The number of aromatic nitrogens is 2. The Hall–Kier alpha value is -1.52. The number of nitrogen functional groups attached to an aromatic ring is 1. The molecule has 1 aromatic rings. The lowest BCUT2D eigenvalue weighted by Crippen LogP contribution is -2.36. The molecule has 0 atom stereocenters. The number of carbonyl (C=O) groups is 1. The van der Waals surface area contributed by atoms with Gasteiger partial charge in [-0.1, -0.05) is 6.92 Å². The van der Waals surface area contributed by atoms with Gasteiger partial charge in [-0.15, -0.1) is 0 Å². The van der Waals surface area contributed by atoms with Crippen LogP contribution in [0.4, 0.5) is 5.82 Å². The summed E-state index contributed by atoms with van der Waals surface area (Å²) in [7, 11) is 0. The second-order valence-corrected chi connectivity index (χ2v) is 4.72. The van der Waals surface area contributed by atoms with Gasteiger partial charge in [0.05, 0.1) is 0 Å². The van der Waals surface area contributed by atoms with Crippen molar-refractivity contribution in [3.8, 4) is 0 Å². The van der Waals surface area contributed by atoms with Crippen LogP contribution in [0.3, 0.4) is 0 Å². The van der Waals surface area contributed by atoms with Gasteiger partial charge in [-0.3, -0.25) is 9.48 Å². The minimum Gasteiger partial charge on any atom is -0.382 e. The van der Waals surface area contributed by atoms with E-state index in [1.165, 1.54) is 12.8 Å². The van der Waals surface area contributed by atoms with Crippen LogP contribution in [0.25, 0.3) is 0 Å². The Morgan fingerprint density at radius 3 is 2.94 bits per heavy atom. The SMILES string of the molecule is CCCN(CC1CC1)C(=O)Cn1ccc(N)n1. The first kappa shape index (κ1) is 12.0. The van der Waals surface area contributed by atoms with Crippen molar-refractivity contribution in [2.24, 2.45) is 5.92 Å². The second-order valence-electron chi connectivity index (χ2n) is 4.72. The fraction of sp³-hybridized carbons (Fsp3) is 0.667. The maximum absolute atomic E-state index is 12.1. The lowest BCUT2D eigenvalue weighted by Gasteiger charge is -2.21. The first-order chi connectivity index (χ1) is 8.19. The molecule has 2 N–H and O–H groups in total. The van der Waals surface area contributed by atoms with Gasteiger partial charge in [-0.2, -0.15) is 5.10 Å². The Labute approximate surface area is 102 Å². The van der Waals surface area contributed by atoms with Gasteiger partial charge < -0.3 is 10.6 Å². The molecular formula is C12H20N4O. The van der Waals surface area contributed by atoms with E-state index in [4.69, 9.17) is 5.73 Å². The molecule has 1 aliphatic rings. The molecule has 0 spiro atoms. The highest BCUT2D eigenvalue weighted by atomic mass is 16.2. The first-order valence-corrected chi connectivity index (χ1v) is 6.25. The van der Waals surface area contributed by atoms with E-state index in [0.29, 0.717) is 12.4 Å². The quantitative estimate of drug-likeness (QED) is 0.804. The molecule has 0 saturated heterocycles. The van der Waals surface area contributed by atoms with Crippen LogP contribution in [0.5, 0.6) is 0 Å². The van der Waals surface area contributed by atoms with Crippen LogP contribution >= 0.6 is 0 Å². The smallest absolute Gasteiger partial charge is 0.244 e. The molecule has 1 aliphatic carbocycles. The van der Waals surface area contributed by atoms with Crippen molar-refractivity contribution in [3.63, 3.8) is 0 Å². The van der Waals surface area contributed by atoms with Gasteiger partial charge in [0.1, 0.15) is 12.4 Å². The van der Waals surface area contributed by atoms with E-state index in [0.717, 1.165) is 25.4 Å². The molecule has 1 saturated carbocycles. The van der Waals surface area contributed by atoms with Crippen LogP contribution in [0, 0.1) is 5.92 Å². The molecule has 1 fully saturated rings. The van der Waals surface area contributed by atoms with Crippen molar-refractivity contribution >= 4 is 11.7 Å². The Kier molecular flexibility index (Phi) is 3.66. The maximum atomic E-state index is 12.1. The van der Waals surface area contributed by atoms with E-state index in [9.17, 15) is 4.79 Å². The number of hydrogen-bond acceptors (Lipinski definition) is 3. The zero-order valence-electron chi connectivity index (χ0n) is 10.3. The summed E-state index contributed by atoms with van der Waals surface area (Å²) < 4.78 is 1.60. The van der Waals surface area contributed by atoms with E-state index in [1.54, 1.807) is 16.9 Å². The van der Waals surface area contributed by atoms with E-state index in [-0.39, 0.29) is 5.91 Å². The molecule has 1 aromatic heterocycles. The molecule has 0 aliphatic heterocycles. The zero-order chi connectivity index (χ0) is 12.3. The Bertz CT molecular complexity index is 384. The van der Waals surface area contributed by atoms with Crippen molar-refractivity contribution < 1.29 is 4.79 Å². The second kappa shape index (κ2) is 5.21. The average molecular weight is 236 g/mol. The lowest BCUT2D eigenvalue weighted by molar-refractivity contribution is -0.132. The number of amides is 1. The van der Waals surface area contributed by atoms with E-state index in [1.807, 2.05) is 4.90 Å². The largest absolute Gasteiger partial charge is 0.382 e. The minimum atomic E-state index is 0.141. The van der Waals surface area contributed by atoms with Gasteiger partial charge in [-0.05, 0) is 31.2 Å². The predicted octanol–water partition coefficient (Wildman–Crippen LogP) is 1.11. The third-order valence-electron chi connectivity index (χ3n) is 2.98. The molecule has 94 valence electrons. The fourth-order valence-corrected chi connectivity index (χ4v) is 1.90. The number of anilines is 1. The maximum Gasteiger partial charge on any atom is 0.244 e. The minimum absolute atomic E-state index is 0.141. The molecule has 1 heterocycles. The zero-order valence-corrected chi connectivity index (χ0v) is 10.3.